The van der Waals surface area contributed by atoms with E-state index >= 15 is 0 Å². The molecule has 0 N–H and O–H groups in total. The van der Waals surface area contributed by atoms with Gasteiger partial charge < -0.3 is 4.74 Å². The lowest BCUT2D eigenvalue weighted by Crippen LogP contribution is -2.72. The van der Waals surface area contributed by atoms with E-state index in [1.54, 1.807) is 34.9 Å². The van der Waals surface area contributed by atoms with E-state index in [4.69, 9.17) is 4.74 Å². The summed E-state index contributed by atoms with van der Waals surface area (Å²) in [6, 6.07) is 0. The van der Waals surface area contributed by atoms with E-state index in [1.165, 1.54) is 16.5 Å². The Morgan fingerprint density at radius 1 is 1.09 bits per heavy atom. The number of thioether (sulfide) groups is 2. The number of sulfone groups is 1. The zero-order valence-corrected chi connectivity index (χ0v) is 21.7. The fourth-order valence-corrected chi connectivity index (χ4v) is 8.56. The first kappa shape index (κ1) is 24.7. The van der Waals surface area contributed by atoms with Crippen molar-refractivity contribution in [2.75, 3.05) is 12.9 Å². The molecule has 1 saturated heterocycles. The molecule has 4 heterocycles. The summed E-state index contributed by atoms with van der Waals surface area (Å²) in [6.45, 7) is 5.14. The number of aryl methyl sites for hydroxylation is 2. The lowest BCUT2D eigenvalue weighted by Gasteiger charge is -2.51. The summed E-state index contributed by atoms with van der Waals surface area (Å²) in [7, 11) is 0.435. The summed E-state index contributed by atoms with van der Waals surface area (Å²) >= 11 is 2.06. The number of carbonyl (C=O) groups excluding carboxylic acids is 2. The van der Waals surface area contributed by atoms with Gasteiger partial charge in [-0.15, -0.1) is 10.2 Å². The number of carbonyl (C=O) groups is 2. The summed E-state index contributed by atoms with van der Waals surface area (Å²) in [5, 5.41) is 21.9. The molecule has 14 nitrogen and oxygen atoms in total. The zero-order chi connectivity index (χ0) is 25.0. The molecule has 2 aliphatic rings. The Morgan fingerprint density at radius 2 is 1.68 bits per heavy atom. The first-order valence-electron chi connectivity index (χ1n) is 10.00. The number of methoxy groups -OCH3 is 1. The predicted octanol–water partition coefficient (Wildman–Crippen LogP) is -0.575. The highest BCUT2D eigenvalue weighted by Gasteiger charge is 2.64. The van der Waals surface area contributed by atoms with Gasteiger partial charge in [0, 0.05) is 32.4 Å². The molecule has 17 heteroatoms. The summed E-state index contributed by atoms with van der Waals surface area (Å²) in [5.74, 6) is -0.888. The maximum absolute atomic E-state index is 13.8. The van der Waals surface area contributed by atoms with Crippen LogP contribution in [0.25, 0.3) is 0 Å². The van der Waals surface area contributed by atoms with Crippen molar-refractivity contribution in [1.82, 2.24) is 45.3 Å². The van der Waals surface area contributed by atoms with Crippen LogP contribution in [-0.2, 0) is 38.3 Å². The second-order valence-corrected chi connectivity index (χ2v) is 13.2. The smallest absolute Gasteiger partial charge is 0.260 e. The molecule has 0 bridgehead atoms. The van der Waals surface area contributed by atoms with Gasteiger partial charge in [-0.1, -0.05) is 44.3 Å². The number of hydrogen-bond donors (Lipinski definition) is 0. The molecule has 184 valence electrons. The first-order valence-corrected chi connectivity index (χ1v) is 13.5. The van der Waals surface area contributed by atoms with Gasteiger partial charge in [0.05, 0.1) is 5.70 Å². The third-order valence-electron chi connectivity index (χ3n) is 5.34. The lowest BCUT2D eigenvalue weighted by atomic mass is 9.86. The van der Waals surface area contributed by atoms with E-state index in [1.807, 2.05) is 0 Å². The van der Waals surface area contributed by atoms with Gasteiger partial charge in [0.15, 0.2) is 27.1 Å². The SMILES string of the molecule is CO[C@H]1C(=O)N2C(C(=O)C(C)(C)C)=C(CSc3nnnn3C)[C@@H](Sc3nnnn3C)S(=O)(=O)[C@H]12. The number of tetrazole rings is 2. The number of aromatic nitrogens is 8. The highest BCUT2D eigenvalue weighted by atomic mass is 32.3. The molecule has 34 heavy (non-hydrogen) atoms. The number of hydrogen-bond acceptors (Lipinski definition) is 13. The molecule has 0 unspecified atom stereocenters. The summed E-state index contributed by atoms with van der Waals surface area (Å²) in [5.41, 5.74) is -0.579. The molecule has 0 saturated carbocycles. The van der Waals surface area contributed by atoms with Crippen molar-refractivity contribution in [2.24, 2.45) is 19.5 Å². The Bertz CT molecular complexity index is 1280. The minimum atomic E-state index is -4.06. The Kier molecular flexibility index (Phi) is 6.32. The molecule has 0 radical (unpaired) electrons. The molecule has 2 aromatic heterocycles. The molecule has 0 aromatic carbocycles. The minimum absolute atomic E-state index is 0.0433. The average molecular weight is 530 g/mol. The Labute approximate surface area is 203 Å². The highest BCUT2D eigenvalue weighted by Crippen LogP contribution is 2.48. The molecular formula is C17H23N9O5S3. The van der Waals surface area contributed by atoms with Crippen LogP contribution in [0.5, 0.6) is 0 Å². The van der Waals surface area contributed by atoms with E-state index in [9.17, 15) is 18.0 Å². The number of amides is 1. The molecule has 4 rings (SSSR count). The van der Waals surface area contributed by atoms with Crippen LogP contribution in [0.3, 0.4) is 0 Å². The van der Waals surface area contributed by atoms with Crippen LogP contribution in [0.15, 0.2) is 21.6 Å². The van der Waals surface area contributed by atoms with E-state index in [0.717, 1.165) is 28.4 Å². The summed E-state index contributed by atoms with van der Waals surface area (Å²) in [6.07, 6.45) is -1.20. The lowest BCUT2D eigenvalue weighted by molar-refractivity contribution is -0.161. The van der Waals surface area contributed by atoms with Crippen molar-refractivity contribution in [3.63, 3.8) is 0 Å². The number of ether oxygens (including phenoxy) is 1. The van der Waals surface area contributed by atoms with E-state index < -0.39 is 37.2 Å². The van der Waals surface area contributed by atoms with Gasteiger partial charge in [-0.05, 0) is 26.4 Å². The fourth-order valence-electron chi connectivity index (χ4n) is 3.59. The van der Waals surface area contributed by atoms with Crippen molar-refractivity contribution in [1.29, 1.82) is 0 Å². The van der Waals surface area contributed by atoms with Gasteiger partial charge in [0.25, 0.3) is 5.91 Å². The second kappa shape index (κ2) is 8.69. The predicted molar refractivity (Wildman–Crippen MR) is 120 cm³/mol. The van der Waals surface area contributed by atoms with Crippen LogP contribution in [0, 0.1) is 5.41 Å². The first-order chi connectivity index (χ1) is 15.9. The maximum Gasteiger partial charge on any atom is 0.260 e. The largest absolute Gasteiger partial charge is 0.368 e. The Hall–Kier alpha value is -2.37. The third-order valence-corrected chi connectivity index (χ3v) is 10.6. The van der Waals surface area contributed by atoms with Crippen molar-refractivity contribution in [3.8, 4) is 0 Å². The van der Waals surface area contributed by atoms with E-state index in [-0.39, 0.29) is 28.0 Å². The quantitative estimate of drug-likeness (QED) is 0.330. The van der Waals surface area contributed by atoms with Gasteiger partial charge in [-0.25, -0.2) is 17.8 Å². The number of Topliss-reactive ketones (excluding diaryl/α,β-unsaturated/α-hetero) is 1. The normalized spacial score (nSPS) is 24.2. The number of fused-ring (bicyclic) bond motifs is 1. The van der Waals surface area contributed by atoms with Gasteiger partial charge >= 0.3 is 0 Å². The average Bonchev–Trinajstić information content (AvgIpc) is 3.35. The van der Waals surface area contributed by atoms with Crippen LogP contribution < -0.4 is 0 Å². The summed E-state index contributed by atoms with van der Waals surface area (Å²) in [4.78, 5) is 27.6. The van der Waals surface area contributed by atoms with Crippen LogP contribution >= 0.6 is 23.5 Å². The monoisotopic (exact) mass is 529 g/mol. The Balaban J connectivity index is 1.90. The van der Waals surface area contributed by atoms with E-state index in [2.05, 4.69) is 31.1 Å². The molecule has 1 fully saturated rings. The van der Waals surface area contributed by atoms with Crippen molar-refractivity contribution < 1.29 is 22.7 Å². The standard InChI is InChI=1S/C17H23N9O5S3/c1-17(2,3)11(27)9-8(7-32-15-18-20-22-24(15)4)14(33-16-19-21-23-25(16)5)34(29,30)13-10(31-6)12(28)26(9)13/h10,13-14H,7H2,1-6H3/t10-,13+,14-/m0/s1. The Morgan fingerprint density at radius 3 is 2.18 bits per heavy atom. The highest BCUT2D eigenvalue weighted by molar-refractivity contribution is 8.14. The van der Waals surface area contributed by atoms with Crippen LogP contribution in [-0.4, -0.2) is 94.3 Å². The molecule has 3 atom stereocenters. The fraction of sp³-hybridized carbons (Fsp3) is 0.647. The van der Waals surface area contributed by atoms with Crippen molar-refractivity contribution >= 4 is 45.1 Å². The van der Waals surface area contributed by atoms with Crippen LogP contribution in [0.4, 0.5) is 0 Å². The van der Waals surface area contributed by atoms with Gasteiger partial charge in [0.2, 0.25) is 10.3 Å². The van der Waals surface area contributed by atoms with Crippen molar-refractivity contribution in [2.45, 2.75) is 47.1 Å². The number of rotatable bonds is 7. The van der Waals surface area contributed by atoms with Crippen LogP contribution in [0.1, 0.15) is 20.8 Å². The number of ketones is 1. The van der Waals surface area contributed by atoms with Gasteiger partial charge in [0.1, 0.15) is 4.58 Å². The van der Waals surface area contributed by atoms with Gasteiger partial charge in [-0.3, -0.25) is 14.5 Å². The number of nitrogens with zero attached hydrogens (tertiary/aromatic N) is 9. The molecule has 0 aliphatic carbocycles. The molecular weight excluding hydrogens is 506 g/mol. The molecule has 1 amide bonds. The number of β-lactam (4-membered cyclic amide) rings is 1. The van der Waals surface area contributed by atoms with Crippen molar-refractivity contribution in [3.05, 3.63) is 11.3 Å². The summed E-state index contributed by atoms with van der Waals surface area (Å²) < 4.78 is 34.4. The van der Waals surface area contributed by atoms with Crippen LogP contribution in [0.2, 0.25) is 0 Å². The molecule has 2 aliphatic heterocycles. The third kappa shape index (κ3) is 3.93. The molecule has 2 aromatic rings. The minimum Gasteiger partial charge on any atom is -0.368 e. The zero-order valence-electron chi connectivity index (χ0n) is 19.2. The number of allylic oxidation sites excluding steroid dienone is 1. The topological polar surface area (TPSA) is 168 Å². The van der Waals surface area contributed by atoms with Gasteiger partial charge in [-0.2, -0.15) is 0 Å². The second-order valence-electron chi connectivity index (χ2n) is 8.71. The van der Waals surface area contributed by atoms with E-state index in [0.29, 0.717) is 5.16 Å². The maximum atomic E-state index is 13.8. The molecule has 0 spiro atoms.